The molecule has 1 N–H and O–H groups in total. The normalized spacial score (nSPS) is 10.1. The van der Waals surface area contributed by atoms with Gasteiger partial charge < -0.3 is 10.1 Å². The van der Waals surface area contributed by atoms with Crippen molar-refractivity contribution in [3.63, 3.8) is 0 Å². The summed E-state index contributed by atoms with van der Waals surface area (Å²) in [5.41, 5.74) is 0.950. The van der Waals surface area contributed by atoms with Gasteiger partial charge in [-0.25, -0.2) is 0 Å². The van der Waals surface area contributed by atoms with Crippen molar-refractivity contribution < 1.29 is 9.53 Å². The lowest BCUT2D eigenvalue weighted by atomic mass is 10.3. The van der Waals surface area contributed by atoms with Crippen LogP contribution in [0, 0.1) is 0 Å². The third kappa shape index (κ3) is 4.61. The lowest BCUT2D eigenvalue weighted by Gasteiger charge is -2.09. The van der Waals surface area contributed by atoms with Crippen LogP contribution in [-0.4, -0.2) is 17.5 Å². The highest BCUT2D eigenvalue weighted by Gasteiger charge is 2.06. The third-order valence-electron chi connectivity index (χ3n) is 2.47. The highest BCUT2D eigenvalue weighted by Crippen LogP contribution is 2.27. The van der Waals surface area contributed by atoms with Crippen LogP contribution in [0.3, 0.4) is 0 Å². The highest BCUT2D eigenvalue weighted by atomic mass is 79.9. The molecule has 2 aromatic rings. The lowest BCUT2D eigenvalue weighted by molar-refractivity contribution is -0.123. The Morgan fingerprint density at radius 3 is 2.85 bits per heavy atom. The minimum atomic E-state index is -0.177. The Morgan fingerprint density at radius 1 is 1.30 bits per heavy atom. The van der Waals surface area contributed by atoms with E-state index in [1.165, 1.54) is 0 Å². The summed E-state index contributed by atoms with van der Waals surface area (Å²) in [4.78, 5) is 15.7. The number of aromatic nitrogens is 1. The van der Waals surface area contributed by atoms with E-state index in [0.29, 0.717) is 12.3 Å². The van der Waals surface area contributed by atoms with Gasteiger partial charge in [0, 0.05) is 23.4 Å². The second-order valence-corrected chi connectivity index (χ2v) is 5.77. The molecular formula is C14H12Br2N2O2. The second-order valence-electron chi connectivity index (χ2n) is 4.00. The van der Waals surface area contributed by atoms with Crippen LogP contribution < -0.4 is 10.1 Å². The fourth-order valence-electron chi connectivity index (χ4n) is 1.49. The Bertz CT molecular complexity index is 591. The molecule has 0 saturated heterocycles. The molecule has 0 bridgehead atoms. The van der Waals surface area contributed by atoms with E-state index in [1.807, 2.05) is 24.3 Å². The van der Waals surface area contributed by atoms with E-state index >= 15 is 0 Å². The number of hydrogen-bond donors (Lipinski definition) is 1. The first-order valence-corrected chi connectivity index (χ1v) is 7.47. The van der Waals surface area contributed by atoms with E-state index in [9.17, 15) is 4.79 Å². The van der Waals surface area contributed by atoms with Crippen molar-refractivity contribution in [3.8, 4) is 5.75 Å². The van der Waals surface area contributed by atoms with Gasteiger partial charge in [-0.3, -0.25) is 9.78 Å². The van der Waals surface area contributed by atoms with Crippen LogP contribution in [0.15, 0.2) is 51.7 Å². The molecule has 2 rings (SSSR count). The smallest absolute Gasteiger partial charge is 0.258 e. The van der Waals surface area contributed by atoms with Crippen LogP contribution in [0.2, 0.25) is 0 Å². The van der Waals surface area contributed by atoms with Crippen LogP contribution in [0.1, 0.15) is 5.56 Å². The zero-order valence-corrected chi connectivity index (χ0v) is 13.6. The Morgan fingerprint density at radius 2 is 2.15 bits per heavy atom. The van der Waals surface area contributed by atoms with Crippen LogP contribution in [0.4, 0.5) is 0 Å². The number of pyridine rings is 1. The molecule has 20 heavy (non-hydrogen) atoms. The van der Waals surface area contributed by atoms with Gasteiger partial charge in [0.05, 0.1) is 4.47 Å². The van der Waals surface area contributed by atoms with Crippen molar-refractivity contribution in [1.82, 2.24) is 10.3 Å². The first-order valence-electron chi connectivity index (χ1n) is 5.88. The van der Waals surface area contributed by atoms with Crippen molar-refractivity contribution in [2.75, 3.05) is 6.61 Å². The van der Waals surface area contributed by atoms with Gasteiger partial charge in [-0.05, 0) is 45.8 Å². The number of amides is 1. The number of rotatable bonds is 5. The number of carbonyl (C=O) groups excluding carboxylic acids is 1. The molecule has 1 aromatic heterocycles. The topological polar surface area (TPSA) is 51.2 Å². The molecule has 0 fully saturated rings. The molecule has 0 aliphatic carbocycles. The zero-order valence-electron chi connectivity index (χ0n) is 10.5. The summed E-state index contributed by atoms with van der Waals surface area (Å²) >= 11 is 6.73. The van der Waals surface area contributed by atoms with Crippen LogP contribution >= 0.6 is 31.9 Å². The van der Waals surface area contributed by atoms with Gasteiger partial charge in [-0.1, -0.05) is 22.0 Å². The van der Waals surface area contributed by atoms with Gasteiger partial charge in [0.1, 0.15) is 5.75 Å². The number of nitrogens with zero attached hydrogens (tertiary/aromatic N) is 1. The monoisotopic (exact) mass is 398 g/mol. The van der Waals surface area contributed by atoms with E-state index in [-0.39, 0.29) is 12.5 Å². The summed E-state index contributed by atoms with van der Waals surface area (Å²) in [5.74, 6) is 0.452. The number of hydrogen-bond acceptors (Lipinski definition) is 3. The first-order chi connectivity index (χ1) is 9.65. The molecule has 0 radical (unpaired) electrons. The van der Waals surface area contributed by atoms with E-state index in [4.69, 9.17) is 4.74 Å². The molecule has 0 atom stereocenters. The standard InChI is InChI=1S/C14H12Br2N2O2/c15-11-3-4-13(12(16)6-11)20-9-14(19)18-8-10-2-1-5-17-7-10/h1-7H,8-9H2,(H,18,19). The van der Waals surface area contributed by atoms with Gasteiger partial charge in [-0.2, -0.15) is 0 Å². The number of benzene rings is 1. The highest BCUT2D eigenvalue weighted by molar-refractivity contribution is 9.11. The van der Waals surface area contributed by atoms with Crippen molar-refractivity contribution >= 4 is 37.8 Å². The fraction of sp³-hybridized carbons (Fsp3) is 0.143. The number of ether oxygens (including phenoxy) is 1. The maximum atomic E-state index is 11.7. The largest absolute Gasteiger partial charge is 0.483 e. The van der Waals surface area contributed by atoms with Gasteiger partial charge in [0.2, 0.25) is 0 Å². The van der Waals surface area contributed by atoms with Crippen molar-refractivity contribution in [1.29, 1.82) is 0 Å². The molecule has 0 spiro atoms. The molecule has 0 aliphatic rings. The predicted molar refractivity (Wildman–Crippen MR) is 83.4 cm³/mol. The quantitative estimate of drug-likeness (QED) is 0.839. The van der Waals surface area contributed by atoms with E-state index in [1.54, 1.807) is 18.5 Å². The summed E-state index contributed by atoms with van der Waals surface area (Å²) in [7, 11) is 0. The first kappa shape index (κ1) is 15.0. The maximum absolute atomic E-state index is 11.7. The number of carbonyl (C=O) groups is 1. The molecule has 0 unspecified atom stereocenters. The van der Waals surface area contributed by atoms with Crippen molar-refractivity contribution in [3.05, 3.63) is 57.2 Å². The van der Waals surface area contributed by atoms with Gasteiger partial charge in [0.15, 0.2) is 6.61 Å². The Balaban J connectivity index is 1.80. The molecule has 0 aliphatic heterocycles. The molecule has 6 heteroatoms. The lowest BCUT2D eigenvalue weighted by Crippen LogP contribution is -2.28. The van der Waals surface area contributed by atoms with Crippen LogP contribution in [0.5, 0.6) is 5.75 Å². The molecular weight excluding hydrogens is 388 g/mol. The summed E-state index contributed by atoms with van der Waals surface area (Å²) in [6.07, 6.45) is 3.41. The Hall–Kier alpha value is -1.40. The minimum absolute atomic E-state index is 0.0273. The average molecular weight is 400 g/mol. The third-order valence-corrected chi connectivity index (χ3v) is 3.58. The van der Waals surface area contributed by atoms with Gasteiger partial charge >= 0.3 is 0 Å². The van der Waals surface area contributed by atoms with E-state index in [2.05, 4.69) is 42.2 Å². The molecule has 1 heterocycles. The summed E-state index contributed by atoms with van der Waals surface area (Å²) < 4.78 is 7.19. The number of halogens is 2. The SMILES string of the molecule is O=C(COc1ccc(Br)cc1Br)NCc1cccnc1. The number of nitrogens with one attached hydrogen (secondary N) is 1. The fourth-order valence-corrected chi connectivity index (χ4v) is 2.65. The summed E-state index contributed by atoms with van der Waals surface area (Å²) in [6.45, 7) is 0.415. The van der Waals surface area contributed by atoms with E-state index in [0.717, 1.165) is 14.5 Å². The van der Waals surface area contributed by atoms with E-state index < -0.39 is 0 Å². The van der Waals surface area contributed by atoms with Crippen LogP contribution in [0.25, 0.3) is 0 Å². The van der Waals surface area contributed by atoms with Crippen molar-refractivity contribution in [2.45, 2.75) is 6.54 Å². The maximum Gasteiger partial charge on any atom is 0.258 e. The molecule has 0 saturated carbocycles. The van der Waals surface area contributed by atoms with Gasteiger partial charge in [-0.15, -0.1) is 0 Å². The average Bonchev–Trinajstić information content (AvgIpc) is 2.45. The molecule has 1 amide bonds. The van der Waals surface area contributed by atoms with Crippen molar-refractivity contribution in [2.24, 2.45) is 0 Å². The summed E-state index contributed by atoms with van der Waals surface area (Å²) in [5, 5.41) is 2.77. The minimum Gasteiger partial charge on any atom is -0.483 e. The van der Waals surface area contributed by atoms with Crippen LogP contribution in [-0.2, 0) is 11.3 Å². The Kier molecular flexibility index (Phi) is 5.55. The molecule has 1 aromatic carbocycles. The molecule has 104 valence electrons. The zero-order chi connectivity index (χ0) is 14.4. The molecule has 4 nitrogen and oxygen atoms in total. The predicted octanol–water partition coefficient (Wildman–Crippen LogP) is 3.30. The summed E-state index contributed by atoms with van der Waals surface area (Å²) in [6, 6.07) is 9.25. The Labute approximate surface area is 133 Å². The van der Waals surface area contributed by atoms with Gasteiger partial charge in [0.25, 0.3) is 5.91 Å². The second kappa shape index (κ2) is 7.40.